The predicted molar refractivity (Wildman–Crippen MR) is 109 cm³/mol. The lowest BCUT2D eigenvalue weighted by molar-refractivity contribution is -0.137. The third kappa shape index (κ3) is 5.42. The van der Waals surface area contributed by atoms with Crippen LogP contribution >= 0.6 is 0 Å². The van der Waals surface area contributed by atoms with E-state index in [0.29, 0.717) is 17.9 Å². The Morgan fingerprint density at radius 2 is 1.97 bits per heavy atom. The molecule has 0 aliphatic heterocycles. The maximum atomic E-state index is 12.8. The van der Waals surface area contributed by atoms with Crippen LogP contribution in [0.15, 0.2) is 48.8 Å². The standard InChI is InChI=1S/C22H23F3N4O2/c1-14(2)20-18(21(30)26-9-10-31-17-6-4-5-15(3)11-17)13-28-29(20)19-8-7-16(12-27-19)22(23,24)25/h4-8,11-14H,9-10H2,1-3H3,(H,26,30). The molecule has 0 aliphatic rings. The number of rotatable bonds is 7. The minimum Gasteiger partial charge on any atom is -0.492 e. The van der Waals surface area contributed by atoms with E-state index in [1.165, 1.54) is 16.9 Å². The maximum absolute atomic E-state index is 12.8. The zero-order valence-corrected chi connectivity index (χ0v) is 17.4. The first kappa shape index (κ1) is 22.3. The first-order valence-electron chi connectivity index (χ1n) is 9.76. The van der Waals surface area contributed by atoms with Crippen LogP contribution in [0.25, 0.3) is 5.82 Å². The van der Waals surface area contributed by atoms with Gasteiger partial charge in [-0.25, -0.2) is 9.67 Å². The van der Waals surface area contributed by atoms with Crippen molar-refractivity contribution in [3.63, 3.8) is 0 Å². The van der Waals surface area contributed by atoms with Crippen LogP contribution in [0.2, 0.25) is 0 Å². The summed E-state index contributed by atoms with van der Waals surface area (Å²) in [6.45, 7) is 6.28. The zero-order chi connectivity index (χ0) is 22.6. The smallest absolute Gasteiger partial charge is 0.417 e. The van der Waals surface area contributed by atoms with Crippen LogP contribution in [0.1, 0.15) is 46.9 Å². The number of carbonyl (C=O) groups is 1. The van der Waals surface area contributed by atoms with Crippen LogP contribution in [-0.2, 0) is 6.18 Å². The van der Waals surface area contributed by atoms with Crippen molar-refractivity contribution in [1.82, 2.24) is 20.1 Å². The van der Waals surface area contributed by atoms with Gasteiger partial charge in [0.15, 0.2) is 5.82 Å². The molecule has 31 heavy (non-hydrogen) atoms. The molecule has 0 fully saturated rings. The van der Waals surface area contributed by atoms with Gasteiger partial charge in [-0.15, -0.1) is 0 Å². The van der Waals surface area contributed by atoms with Crippen molar-refractivity contribution >= 4 is 5.91 Å². The largest absolute Gasteiger partial charge is 0.492 e. The molecular formula is C22H23F3N4O2. The van der Waals surface area contributed by atoms with E-state index < -0.39 is 11.7 Å². The monoisotopic (exact) mass is 432 g/mol. The van der Waals surface area contributed by atoms with Gasteiger partial charge in [0.05, 0.1) is 29.6 Å². The summed E-state index contributed by atoms with van der Waals surface area (Å²) < 4.78 is 45.4. The Kier molecular flexibility index (Phi) is 6.62. The molecule has 0 atom stereocenters. The molecule has 0 spiro atoms. The van der Waals surface area contributed by atoms with E-state index >= 15 is 0 Å². The number of aromatic nitrogens is 3. The van der Waals surface area contributed by atoms with Gasteiger partial charge in [0.1, 0.15) is 12.4 Å². The molecule has 2 aromatic heterocycles. The van der Waals surface area contributed by atoms with Crippen molar-refractivity contribution < 1.29 is 22.7 Å². The van der Waals surface area contributed by atoms with E-state index in [4.69, 9.17) is 4.74 Å². The SMILES string of the molecule is Cc1cccc(OCCNC(=O)c2cnn(-c3ccc(C(F)(F)F)cn3)c2C(C)C)c1. The number of pyridine rings is 1. The Morgan fingerprint density at radius 1 is 1.19 bits per heavy atom. The second-order valence-electron chi connectivity index (χ2n) is 7.33. The minimum atomic E-state index is -4.47. The number of amides is 1. The molecule has 164 valence electrons. The van der Waals surface area contributed by atoms with Crippen LogP contribution < -0.4 is 10.1 Å². The minimum absolute atomic E-state index is 0.115. The number of hydrogen-bond acceptors (Lipinski definition) is 4. The number of carbonyl (C=O) groups excluding carboxylic acids is 1. The molecule has 1 aromatic carbocycles. The number of alkyl halides is 3. The molecule has 0 radical (unpaired) electrons. The van der Waals surface area contributed by atoms with Gasteiger partial charge in [0.2, 0.25) is 0 Å². The van der Waals surface area contributed by atoms with E-state index in [9.17, 15) is 18.0 Å². The summed E-state index contributed by atoms with van der Waals surface area (Å²) in [5, 5.41) is 6.97. The molecule has 0 saturated carbocycles. The fraction of sp³-hybridized carbons (Fsp3) is 0.318. The fourth-order valence-corrected chi connectivity index (χ4v) is 3.08. The third-order valence-electron chi connectivity index (χ3n) is 4.54. The highest BCUT2D eigenvalue weighted by atomic mass is 19.4. The molecule has 1 N–H and O–H groups in total. The number of nitrogens with zero attached hydrogens (tertiary/aromatic N) is 3. The molecule has 9 heteroatoms. The second-order valence-corrected chi connectivity index (χ2v) is 7.33. The molecule has 1 amide bonds. The van der Waals surface area contributed by atoms with Gasteiger partial charge in [-0.2, -0.15) is 18.3 Å². The molecule has 3 aromatic rings. The van der Waals surface area contributed by atoms with Gasteiger partial charge in [-0.1, -0.05) is 26.0 Å². The fourth-order valence-electron chi connectivity index (χ4n) is 3.08. The van der Waals surface area contributed by atoms with Crippen LogP contribution in [-0.4, -0.2) is 33.8 Å². The van der Waals surface area contributed by atoms with Crippen molar-refractivity contribution in [3.8, 4) is 11.6 Å². The summed E-state index contributed by atoms with van der Waals surface area (Å²) in [4.78, 5) is 16.6. The van der Waals surface area contributed by atoms with E-state index in [2.05, 4.69) is 15.4 Å². The van der Waals surface area contributed by atoms with Crippen LogP contribution in [0.4, 0.5) is 13.2 Å². The Morgan fingerprint density at radius 3 is 2.58 bits per heavy atom. The lowest BCUT2D eigenvalue weighted by atomic mass is 10.1. The van der Waals surface area contributed by atoms with E-state index in [0.717, 1.165) is 23.6 Å². The van der Waals surface area contributed by atoms with Gasteiger partial charge in [-0.3, -0.25) is 4.79 Å². The summed E-state index contributed by atoms with van der Waals surface area (Å²) in [5.41, 5.74) is 1.13. The molecule has 0 aliphatic carbocycles. The Bertz CT molecular complexity index is 1040. The van der Waals surface area contributed by atoms with Crippen LogP contribution in [0.3, 0.4) is 0 Å². The molecule has 2 heterocycles. The van der Waals surface area contributed by atoms with Gasteiger partial charge < -0.3 is 10.1 Å². The van der Waals surface area contributed by atoms with Crippen LogP contribution in [0, 0.1) is 6.92 Å². The predicted octanol–water partition coefficient (Wildman–Crippen LogP) is 4.53. The normalized spacial score (nSPS) is 11.6. The number of hydrogen-bond donors (Lipinski definition) is 1. The molecule has 6 nitrogen and oxygen atoms in total. The average molecular weight is 432 g/mol. The Hall–Kier alpha value is -3.36. The summed E-state index contributed by atoms with van der Waals surface area (Å²) in [7, 11) is 0. The van der Waals surface area contributed by atoms with Gasteiger partial charge in [-0.05, 0) is 42.7 Å². The summed E-state index contributed by atoms with van der Waals surface area (Å²) in [5.74, 6) is 0.474. The molecule has 3 rings (SSSR count). The van der Waals surface area contributed by atoms with Crippen molar-refractivity contribution in [2.45, 2.75) is 32.9 Å². The Balaban J connectivity index is 1.70. The lowest BCUT2D eigenvalue weighted by Gasteiger charge is -2.13. The van der Waals surface area contributed by atoms with E-state index in [1.807, 2.05) is 45.0 Å². The number of benzene rings is 1. The topological polar surface area (TPSA) is 69.0 Å². The van der Waals surface area contributed by atoms with E-state index in [-0.39, 0.29) is 24.2 Å². The first-order valence-corrected chi connectivity index (χ1v) is 9.76. The lowest BCUT2D eigenvalue weighted by Crippen LogP contribution is -2.29. The first-order chi connectivity index (χ1) is 14.7. The number of ether oxygens (including phenoxy) is 1. The van der Waals surface area contributed by atoms with Crippen LogP contribution in [0.5, 0.6) is 5.75 Å². The highest BCUT2D eigenvalue weighted by Crippen LogP contribution is 2.29. The molecule has 0 saturated heterocycles. The van der Waals surface area contributed by atoms with Crippen molar-refractivity contribution in [2.24, 2.45) is 0 Å². The van der Waals surface area contributed by atoms with Crippen molar-refractivity contribution in [1.29, 1.82) is 0 Å². The average Bonchev–Trinajstić information content (AvgIpc) is 3.16. The zero-order valence-electron chi connectivity index (χ0n) is 17.4. The number of nitrogens with one attached hydrogen (secondary N) is 1. The highest BCUT2D eigenvalue weighted by Gasteiger charge is 2.31. The van der Waals surface area contributed by atoms with Crippen molar-refractivity contribution in [3.05, 3.63) is 71.2 Å². The molecule has 0 unspecified atom stereocenters. The van der Waals surface area contributed by atoms with Gasteiger partial charge in [0, 0.05) is 6.20 Å². The summed E-state index contributed by atoms with van der Waals surface area (Å²) in [6.07, 6.45) is -2.32. The van der Waals surface area contributed by atoms with E-state index in [1.54, 1.807) is 0 Å². The second kappa shape index (κ2) is 9.20. The highest BCUT2D eigenvalue weighted by molar-refractivity contribution is 5.95. The van der Waals surface area contributed by atoms with Gasteiger partial charge in [0.25, 0.3) is 5.91 Å². The Labute approximate surface area is 178 Å². The van der Waals surface area contributed by atoms with Gasteiger partial charge >= 0.3 is 6.18 Å². The maximum Gasteiger partial charge on any atom is 0.417 e. The summed E-state index contributed by atoms with van der Waals surface area (Å²) in [6, 6.07) is 9.77. The molecular weight excluding hydrogens is 409 g/mol. The third-order valence-corrected chi connectivity index (χ3v) is 4.54. The van der Waals surface area contributed by atoms with Crippen molar-refractivity contribution in [2.75, 3.05) is 13.2 Å². The number of halogens is 3. The quantitative estimate of drug-likeness (QED) is 0.557. The number of aryl methyl sites for hydroxylation is 1. The molecule has 0 bridgehead atoms. The summed E-state index contributed by atoms with van der Waals surface area (Å²) >= 11 is 0.